The lowest BCUT2D eigenvalue weighted by Crippen LogP contribution is -2.05. The Balaban J connectivity index is 2.86. The number of rotatable bonds is 4. The molecule has 4 heteroatoms. The number of hydrogen-bond acceptors (Lipinski definition) is 2. The van der Waals surface area contributed by atoms with Gasteiger partial charge in [-0.3, -0.25) is 0 Å². The molecule has 0 bridgehead atoms. The minimum Gasteiger partial charge on any atom is -0.490 e. The summed E-state index contributed by atoms with van der Waals surface area (Å²) in [7, 11) is 0. The van der Waals surface area contributed by atoms with Gasteiger partial charge in [0.05, 0.1) is 10.6 Å². The van der Waals surface area contributed by atoms with Crippen molar-refractivity contribution in [2.45, 2.75) is 20.0 Å². The molecule has 0 heterocycles. The summed E-state index contributed by atoms with van der Waals surface area (Å²) in [6.07, 6.45) is 2.74. The molecule has 0 amide bonds. The quantitative estimate of drug-likeness (QED) is 0.863. The maximum atomic E-state index is 10.3. The smallest absolute Gasteiger partial charge is 0.328 e. The van der Waals surface area contributed by atoms with Gasteiger partial charge in [-0.05, 0) is 53.5 Å². The van der Waals surface area contributed by atoms with Crippen LogP contribution in [-0.4, -0.2) is 17.2 Å². The molecule has 0 aliphatic heterocycles. The molecule has 0 aliphatic rings. The summed E-state index contributed by atoms with van der Waals surface area (Å²) < 4.78 is 6.35. The summed E-state index contributed by atoms with van der Waals surface area (Å²) in [5.74, 6) is -0.207. The molecule has 0 saturated heterocycles. The van der Waals surface area contributed by atoms with Gasteiger partial charge in [-0.1, -0.05) is 6.07 Å². The van der Waals surface area contributed by atoms with Crippen molar-refractivity contribution < 1.29 is 14.6 Å². The number of halogens is 1. The van der Waals surface area contributed by atoms with Gasteiger partial charge >= 0.3 is 5.97 Å². The maximum absolute atomic E-state index is 10.3. The molecule has 1 N–H and O–H groups in total. The van der Waals surface area contributed by atoms with E-state index in [1.165, 1.54) is 6.08 Å². The van der Waals surface area contributed by atoms with Crippen LogP contribution in [-0.2, 0) is 4.79 Å². The number of benzene rings is 1. The Morgan fingerprint density at radius 1 is 1.50 bits per heavy atom. The summed E-state index contributed by atoms with van der Waals surface area (Å²) in [6.45, 7) is 3.90. The van der Waals surface area contributed by atoms with E-state index < -0.39 is 5.97 Å². The molecule has 0 radical (unpaired) electrons. The second kappa shape index (κ2) is 5.70. The molecule has 0 fully saturated rings. The predicted molar refractivity (Wildman–Crippen MR) is 66.6 cm³/mol. The highest BCUT2D eigenvalue weighted by Crippen LogP contribution is 2.27. The molecule has 1 rings (SSSR count). The fourth-order valence-corrected chi connectivity index (χ4v) is 1.63. The van der Waals surface area contributed by atoms with Crippen LogP contribution in [0.25, 0.3) is 6.08 Å². The summed E-state index contributed by atoms with van der Waals surface area (Å²) in [5.41, 5.74) is 0.811. The van der Waals surface area contributed by atoms with E-state index in [0.717, 1.165) is 21.9 Å². The topological polar surface area (TPSA) is 46.5 Å². The van der Waals surface area contributed by atoms with Gasteiger partial charge in [-0.25, -0.2) is 4.79 Å². The maximum Gasteiger partial charge on any atom is 0.328 e. The van der Waals surface area contributed by atoms with Crippen LogP contribution in [0.5, 0.6) is 5.75 Å². The third-order valence-corrected chi connectivity index (χ3v) is 2.36. The Morgan fingerprint density at radius 3 is 2.69 bits per heavy atom. The van der Waals surface area contributed by atoms with Crippen LogP contribution in [0.4, 0.5) is 0 Å². The first-order valence-corrected chi connectivity index (χ1v) is 5.65. The molecular weight excluding hydrogens is 272 g/mol. The summed E-state index contributed by atoms with van der Waals surface area (Å²) in [4.78, 5) is 10.3. The van der Waals surface area contributed by atoms with Crippen molar-refractivity contribution in [1.29, 1.82) is 0 Å². The highest BCUT2D eigenvalue weighted by Gasteiger charge is 2.03. The highest BCUT2D eigenvalue weighted by molar-refractivity contribution is 9.10. The van der Waals surface area contributed by atoms with Crippen molar-refractivity contribution >= 4 is 28.0 Å². The summed E-state index contributed by atoms with van der Waals surface area (Å²) in [5, 5.41) is 8.49. The summed E-state index contributed by atoms with van der Waals surface area (Å²) >= 11 is 3.38. The van der Waals surface area contributed by atoms with Gasteiger partial charge in [-0.15, -0.1) is 0 Å². The Bertz CT molecular complexity index is 411. The molecule has 0 aromatic heterocycles. The Kier molecular flexibility index (Phi) is 4.55. The fraction of sp³-hybridized carbons (Fsp3) is 0.250. The minimum absolute atomic E-state index is 0.108. The highest BCUT2D eigenvalue weighted by atomic mass is 79.9. The van der Waals surface area contributed by atoms with Crippen LogP contribution in [0, 0.1) is 0 Å². The lowest BCUT2D eigenvalue weighted by molar-refractivity contribution is -0.131. The van der Waals surface area contributed by atoms with Gasteiger partial charge in [0.2, 0.25) is 0 Å². The number of ether oxygens (including phenoxy) is 1. The summed E-state index contributed by atoms with van der Waals surface area (Å²) in [6, 6.07) is 5.44. The molecule has 0 atom stereocenters. The van der Waals surface area contributed by atoms with Crippen LogP contribution >= 0.6 is 15.9 Å². The molecule has 3 nitrogen and oxygen atoms in total. The molecule has 0 aliphatic carbocycles. The third kappa shape index (κ3) is 4.06. The zero-order valence-electron chi connectivity index (χ0n) is 9.11. The van der Waals surface area contributed by atoms with E-state index in [-0.39, 0.29) is 6.10 Å². The van der Waals surface area contributed by atoms with Crippen molar-refractivity contribution in [3.63, 3.8) is 0 Å². The van der Waals surface area contributed by atoms with Gasteiger partial charge in [0, 0.05) is 6.08 Å². The number of carboxylic acid groups (broad SMARTS) is 1. The predicted octanol–water partition coefficient (Wildman–Crippen LogP) is 3.33. The van der Waals surface area contributed by atoms with Crippen LogP contribution in [0.1, 0.15) is 19.4 Å². The van der Waals surface area contributed by atoms with Gasteiger partial charge in [0.1, 0.15) is 5.75 Å². The van der Waals surface area contributed by atoms with Crippen molar-refractivity contribution in [3.05, 3.63) is 34.3 Å². The monoisotopic (exact) mass is 284 g/mol. The standard InChI is InChI=1S/C12H13BrO3/c1-8(2)16-11-5-3-9(7-10(11)13)4-6-12(14)15/h3-8H,1-2H3,(H,14,15). The fourth-order valence-electron chi connectivity index (χ4n) is 1.14. The van der Waals surface area contributed by atoms with Crippen molar-refractivity contribution in [1.82, 2.24) is 0 Å². The molecule has 16 heavy (non-hydrogen) atoms. The SMILES string of the molecule is CC(C)Oc1ccc(C=CC(=O)O)cc1Br. The number of carbonyl (C=O) groups is 1. The molecular formula is C12H13BrO3. The van der Waals surface area contributed by atoms with Gasteiger partial charge in [0.15, 0.2) is 0 Å². The number of aliphatic carboxylic acids is 1. The van der Waals surface area contributed by atoms with Crippen molar-refractivity contribution in [3.8, 4) is 5.75 Å². The first-order chi connectivity index (χ1) is 7.49. The van der Waals surface area contributed by atoms with E-state index in [1.807, 2.05) is 32.0 Å². The minimum atomic E-state index is -0.960. The molecule has 0 unspecified atom stereocenters. The largest absolute Gasteiger partial charge is 0.490 e. The average molecular weight is 285 g/mol. The molecule has 86 valence electrons. The number of hydrogen-bond donors (Lipinski definition) is 1. The van der Waals surface area contributed by atoms with E-state index >= 15 is 0 Å². The van der Waals surface area contributed by atoms with Crippen molar-refractivity contribution in [2.75, 3.05) is 0 Å². The zero-order chi connectivity index (χ0) is 12.1. The average Bonchev–Trinajstić information content (AvgIpc) is 2.18. The first kappa shape index (κ1) is 12.8. The first-order valence-electron chi connectivity index (χ1n) is 4.86. The Labute approximate surface area is 103 Å². The van der Waals surface area contributed by atoms with Crippen LogP contribution in [0.15, 0.2) is 28.7 Å². The molecule has 1 aromatic carbocycles. The van der Waals surface area contributed by atoms with E-state index in [0.29, 0.717) is 0 Å². The van der Waals surface area contributed by atoms with Crippen molar-refractivity contribution in [2.24, 2.45) is 0 Å². The van der Waals surface area contributed by atoms with Gasteiger partial charge in [-0.2, -0.15) is 0 Å². The van der Waals surface area contributed by atoms with Gasteiger partial charge < -0.3 is 9.84 Å². The molecule has 1 aromatic rings. The van der Waals surface area contributed by atoms with E-state index in [9.17, 15) is 4.79 Å². The zero-order valence-corrected chi connectivity index (χ0v) is 10.7. The van der Waals surface area contributed by atoms with Crippen LogP contribution in [0.2, 0.25) is 0 Å². The molecule has 0 saturated carbocycles. The van der Waals surface area contributed by atoms with E-state index in [4.69, 9.17) is 9.84 Å². The molecule has 0 spiro atoms. The normalized spacial score (nSPS) is 11.0. The van der Waals surface area contributed by atoms with Gasteiger partial charge in [0.25, 0.3) is 0 Å². The number of carboxylic acids is 1. The van der Waals surface area contributed by atoms with E-state index in [1.54, 1.807) is 0 Å². The second-order valence-corrected chi connectivity index (χ2v) is 4.38. The van der Waals surface area contributed by atoms with E-state index in [2.05, 4.69) is 15.9 Å². The lowest BCUT2D eigenvalue weighted by Gasteiger charge is -2.11. The van der Waals surface area contributed by atoms with Crippen LogP contribution in [0.3, 0.4) is 0 Å². The Hall–Kier alpha value is -1.29. The third-order valence-electron chi connectivity index (χ3n) is 1.74. The lowest BCUT2D eigenvalue weighted by atomic mass is 10.2. The van der Waals surface area contributed by atoms with Crippen LogP contribution < -0.4 is 4.74 Å². The Morgan fingerprint density at radius 2 is 2.19 bits per heavy atom. The second-order valence-electron chi connectivity index (χ2n) is 3.53.